The molecule has 0 saturated carbocycles. The van der Waals surface area contributed by atoms with E-state index in [0.29, 0.717) is 0 Å². The molecule has 4 nitrogen and oxygen atoms in total. The molecule has 0 aliphatic carbocycles. The summed E-state index contributed by atoms with van der Waals surface area (Å²) in [4.78, 5) is 0. The maximum absolute atomic E-state index is 10.5. The molecular formula is C14H18O4. The highest BCUT2D eigenvalue weighted by Gasteiger charge is 2.53. The lowest BCUT2D eigenvalue weighted by Gasteiger charge is -2.46. The van der Waals surface area contributed by atoms with Gasteiger partial charge in [-0.1, -0.05) is 0 Å². The summed E-state index contributed by atoms with van der Waals surface area (Å²) in [6, 6.07) is 0. The van der Waals surface area contributed by atoms with Crippen molar-refractivity contribution in [2.24, 2.45) is 5.41 Å². The fourth-order valence-electron chi connectivity index (χ4n) is 1.92. The molecule has 18 heavy (non-hydrogen) atoms. The number of aliphatic hydroxyl groups is 4. The van der Waals surface area contributed by atoms with Gasteiger partial charge in [-0.05, 0) is 0 Å². The van der Waals surface area contributed by atoms with Crippen LogP contribution in [0.4, 0.5) is 0 Å². The molecule has 1 atom stereocenters. The predicted molar refractivity (Wildman–Crippen MR) is 67.9 cm³/mol. The first-order valence-electron chi connectivity index (χ1n) is 5.40. The van der Waals surface area contributed by atoms with E-state index >= 15 is 0 Å². The second kappa shape index (κ2) is 7.07. The third-order valence-electron chi connectivity index (χ3n) is 3.23. The van der Waals surface area contributed by atoms with Gasteiger partial charge in [0, 0.05) is 19.3 Å². The van der Waals surface area contributed by atoms with Crippen molar-refractivity contribution >= 4 is 0 Å². The normalized spacial score (nSPS) is 13.2. The van der Waals surface area contributed by atoms with Gasteiger partial charge in [-0.15, -0.1) is 37.0 Å². The Labute approximate surface area is 108 Å². The standard InChI is InChI=1S/C14H18O4/c1-4-7-12(17)13(10-15,11-16)14(18,8-5-2)9-6-3/h1-3,12,15-18H,7-11H2. The summed E-state index contributed by atoms with van der Waals surface area (Å²) in [6.45, 7) is -1.38. The average Bonchev–Trinajstić information content (AvgIpc) is 2.32. The van der Waals surface area contributed by atoms with Crippen LogP contribution in [0, 0.1) is 42.4 Å². The van der Waals surface area contributed by atoms with E-state index in [0.717, 1.165) is 0 Å². The molecule has 4 heteroatoms. The van der Waals surface area contributed by atoms with E-state index in [-0.39, 0.29) is 19.3 Å². The predicted octanol–water partition coefficient (Wildman–Crippen LogP) is -0.881. The van der Waals surface area contributed by atoms with E-state index in [1.807, 2.05) is 0 Å². The van der Waals surface area contributed by atoms with E-state index in [1.165, 1.54) is 0 Å². The Morgan fingerprint density at radius 2 is 1.39 bits per heavy atom. The highest BCUT2D eigenvalue weighted by atomic mass is 16.3. The van der Waals surface area contributed by atoms with Crippen molar-refractivity contribution < 1.29 is 20.4 Å². The van der Waals surface area contributed by atoms with Gasteiger partial charge in [-0.2, -0.15) is 0 Å². The summed E-state index contributed by atoms with van der Waals surface area (Å²) >= 11 is 0. The highest BCUT2D eigenvalue weighted by Crippen LogP contribution is 2.40. The number of hydrogen-bond donors (Lipinski definition) is 4. The number of rotatable bonds is 7. The molecule has 0 aromatic carbocycles. The molecule has 0 amide bonds. The Hall–Kier alpha value is -1.48. The van der Waals surface area contributed by atoms with Crippen LogP contribution < -0.4 is 0 Å². The fraction of sp³-hybridized carbons (Fsp3) is 0.571. The summed E-state index contributed by atoms with van der Waals surface area (Å²) in [5.41, 5.74) is -3.44. The number of hydrogen-bond acceptors (Lipinski definition) is 4. The van der Waals surface area contributed by atoms with Crippen molar-refractivity contribution in [1.82, 2.24) is 0 Å². The molecule has 0 heterocycles. The van der Waals surface area contributed by atoms with E-state index in [9.17, 15) is 20.4 Å². The van der Waals surface area contributed by atoms with Gasteiger partial charge in [-0.3, -0.25) is 0 Å². The molecule has 0 aliphatic heterocycles. The van der Waals surface area contributed by atoms with Crippen LogP contribution in [0.5, 0.6) is 0 Å². The van der Waals surface area contributed by atoms with Gasteiger partial charge in [0.05, 0.1) is 30.3 Å². The van der Waals surface area contributed by atoms with Crippen LogP contribution in [0.3, 0.4) is 0 Å². The van der Waals surface area contributed by atoms with Crippen LogP contribution in [-0.2, 0) is 0 Å². The summed E-state index contributed by atoms with van der Waals surface area (Å²) in [5, 5.41) is 39.4. The molecule has 0 radical (unpaired) electrons. The largest absolute Gasteiger partial charge is 0.395 e. The Kier molecular flexibility index (Phi) is 6.48. The molecule has 0 rings (SSSR count). The summed E-state index contributed by atoms with van der Waals surface area (Å²) < 4.78 is 0. The van der Waals surface area contributed by atoms with Crippen LogP contribution >= 0.6 is 0 Å². The number of terminal acetylenes is 3. The molecule has 0 aromatic rings. The molecular weight excluding hydrogens is 232 g/mol. The Morgan fingerprint density at radius 1 is 0.944 bits per heavy atom. The molecule has 0 aliphatic rings. The van der Waals surface area contributed by atoms with Gasteiger partial charge >= 0.3 is 0 Å². The van der Waals surface area contributed by atoms with Crippen molar-refractivity contribution in [3.63, 3.8) is 0 Å². The lowest BCUT2D eigenvalue weighted by Crippen LogP contribution is -2.59. The van der Waals surface area contributed by atoms with Gasteiger partial charge in [0.15, 0.2) is 0 Å². The minimum Gasteiger partial charge on any atom is -0.395 e. The second-order valence-corrected chi connectivity index (χ2v) is 4.19. The molecule has 0 fully saturated rings. The van der Waals surface area contributed by atoms with Crippen molar-refractivity contribution in [3.8, 4) is 37.0 Å². The van der Waals surface area contributed by atoms with Gasteiger partial charge in [0.2, 0.25) is 0 Å². The van der Waals surface area contributed by atoms with Crippen LogP contribution in [0.1, 0.15) is 19.3 Å². The fourth-order valence-corrected chi connectivity index (χ4v) is 1.92. The zero-order valence-electron chi connectivity index (χ0n) is 10.1. The molecule has 0 spiro atoms. The SMILES string of the molecule is C#CCC(O)C(CO)(CO)C(O)(CC#C)CC#C. The summed E-state index contributed by atoms with van der Waals surface area (Å²) in [7, 11) is 0. The maximum Gasteiger partial charge on any atom is 0.0989 e. The Balaban J connectivity index is 5.61. The van der Waals surface area contributed by atoms with Crippen molar-refractivity contribution in [3.05, 3.63) is 0 Å². The van der Waals surface area contributed by atoms with Crippen molar-refractivity contribution in [2.75, 3.05) is 13.2 Å². The zero-order valence-corrected chi connectivity index (χ0v) is 10.1. The third-order valence-corrected chi connectivity index (χ3v) is 3.23. The Bertz CT molecular complexity index is 360. The van der Waals surface area contributed by atoms with E-state index in [4.69, 9.17) is 19.3 Å². The first-order valence-corrected chi connectivity index (χ1v) is 5.40. The first kappa shape index (κ1) is 16.5. The summed E-state index contributed by atoms with van der Waals surface area (Å²) in [6.07, 6.45) is 13.5. The topological polar surface area (TPSA) is 80.9 Å². The van der Waals surface area contributed by atoms with Crippen LogP contribution in [-0.4, -0.2) is 45.3 Å². The molecule has 0 saturated heterocycles. The zero-order chi connectivity index (χ0) is 14.2. The van der Waals surface area contributed by atoms with Gasteiger partial charge in [0.25, 0.3) is 0 Å². The average molecular weight is 250 g/mol. The van der Waals surface area contributed by atoms with E-state index < -0.39 is 30.3 Å². The maximum atomic E-state index is 10.5. The third kappa shape index (κ3) is 2.85. The second-order valence-electron chi connectivity index (χ2n) is 4.19. The first-order chi connectivity index (χ1) is 8.47. The molecule has 0 aromatic heterocycles. The lowest BCUT2D eigenvalue weighted by atomic mass is 9.65. The molecule has 0 bridgehead atoms. The van der Waals surface area contributed by atoms with Crippen molar-refractivity contribution in [2.45, 2.75) is 31.0 Å². The van der Waals surface area contributed by atoms with Gasteiger partial charge in [-0.25, -0.2) is 0 Å². The monoisotopic (exact) mass is 250 g/mol. The number of aliphatic hydroxyl groups excluding tert-OH is 3. The highest BCUT2D eigenvalue weighted by molar-refractivity contribution is 5.14. The minimum atomic E-state index is -1.78. The smallest absolute Gasteiger partial charge is 0.0989 e. The van der Waals surface area contributed by atoms with Crippen LogP contribution in [0.15, 0.2) is 0 Å². The summed E-state index contributed by atoms with van der Waals surface area (Å²) in [5.74, 6) is 6.68. The van der Waals surface area contributed by atoms with E-state index in [1.54, 1.807) is 0 Å². The van der Waals surface area contributed by atoms with Crippen LogP contribution in [0.25, 0.3) is 0 Å². The molecule has 98 valence electrons. The van der Waals surface area contributed by atoms with Gasteiger partial charge in [0.1, 0.15) is 0 Å². The minimum absolute atomic E-state index is 0.140. The lowest BCUT2D eigenvalue weighted by molar-refractivity contribution is -0.178. The van der Waals surface area contributed by atoms with E-state index in [2.05, 4.69) is 17.8 Å². The van der Waals surface area contributed by atoms with Gasteiger partial charge < -0.3 is 20.4 Å². The van der Waals surface area contributed by atoms with Crippen LogP contribution in [0.2, 0.25) is 0 Å². The molecule has 4 N–H and O–H groups in total. The van der Waals surface area contributed by atoms with Crippen molar-refractivity contribution in [1.29, 1.82) is 0 Å². The molecule has 1 unspecified atom stereocenters. The Morgan fingerprint density at radius 3 is 1.67 bits per heavy atom. The quantitative estimate of drug-likeness (QED) is 0.442.